The van der Waals surface area contributed by atoms with Gasteiger partial charge in [-0.05, 0) is 80.3 Å². The molecule has 1 aliphatic heterocycles. The van der Waals surface area contributed by atoms with Gasteiger partial charge in [-0.15, -0.1) is 11.3 Å². The van der Waals surface area contributed by atoms with Crippen molar-refractivity contribution in [3.05, 3.63) is 87.8 Å². The predicted molar refractivity (Wildman–Crippen MR) is 163 cm³/mol. The molecule has 0 radical (unpaired) electrons. The number of thiocarbonyl (C=S) groups is 1. The second-order valence-electron chi connectivity index (χ2n) is 10.5. The summed E-state index contributed by atoms with van der Waals surface area (Å²) in [5.41, 5.74) is 2.61. The summed E-state index contributed by atoms with van der Waals surface area (Å²) in [6, 6.07) is 20.0. The molecule has 5 rings (SSSR count). The summed E-state index contributed by atoms with van der Waals surface area (Å²) < 4.78 is 5.47. The smallest absolute Gasteiger partial charge is 0.341 e. The zero-order chi connectivity index (χ0) is 27.2. The van der Waals surface area contributed by atoms with Crippen LogP contribution in [0.4, 0.5) is 5.00 Å². The van der Waals surface area contributed by atoms with Crippen LogP contribution in [0.5, 0.6) is 0 Å². The lowest BCUT2D eigenvalue weighted by atomic mass is 9.72. The fraction of sp³-hybridized carbons (Fsp3) is 0.438. The predicted octanol–water partition coefficient (Wildman–Crippen LogP) is 6.93. The summed E-state index contributed by atoms with van der Waals surface area (Å²) in [4.78, 5) is 16.5. The molecule has 1 saturated heterocycles. The maximum absolute atomic E-state index is 13.0. The molecule has 0 unspecified atom stereocenters. The van der Waals surface area contributed by atoms with Crippen molar-refractivity contribution in [1.29, 1.82) is 0 Å². The van der Waals surface area contributed by atoms with Crippen LogP contribution in [0.25, 0.3) is 0 Å². The number of thiophene rings is 1. The topological polar surface area (TPSA) is 61.8 Å². The fourth-order valence-electron chi connectivity index (χ4n) is 6.13. The molecule has 39 heavy (non-hydrogen) atoms. The molecule has 3 aromatic rings. The van der Waals surface area contributed by atoms with Crippen molar-refractivity contribution in [3.63, 3.8) is 0 Å². The van der Waals surface area contributed by atoms with Crippen LogP contribution >= 0.6 is 23.6 Å². The minimum absolute atomic E-state index is 0.0537. The van der Waals surface area contributed by atoms with Crippen LogP contribution in [0, 0.1) is 5.92 Å². The maximum atomic E-state index is 13.0. The second kappa shape index (κ2) is 12.6. The number of anilines is 1. The number of nitrogens with one attached hydrogen (secondary N) is 1. The number of ether oxygens (including phenoxy) is 1. The highest BCUT2D eigenvalue weighted by Crippen LogP contribution is 2.42. The Kier molecular flexibility index (Phi) is 9.00. The quantitative estimate of drug-likeness (QED) is 0.251. The second-order valence-corrected chi connectivity index (χ2v) is 12.0. The first-order valence-electron chi connectivity index (χ1n) is 14.2. The molecule has 0 saturated carbocycles. The lowest BCUT2D eigenvalue weighted by Gasteiger charge is -2.43. The molecule has 0 spiro atoms. The molecule has 1 fully saturated rings. The van der Waals surface area contributed by atoms with E-state index in [1.165, 1.54) is 17.7 Å². The number of likely N-dealkylation sites (tertiary alicyclic amines) is 1. The van der Waals surface area contributed by atoms with E-state index in [9.17, 15) is 9.90 Å². The van der Waals surface area contributed by atoms with Crippen LogP contribution in [0.15, 0.2) is 60.7 Å². The van der Waals surface area contributed by atoms with Crippen LogP contribution in [0.2, 0.25) is 0 Å². The van der Waals surface area contributed by atoms with Gasteiger partial charge in [0.05, 0.1) is 12.2 Å². The highest BCUT2D eigenvalue weighted by atomic mass is 32.1. The fourth-order valence-corrected chi connectivity index (χ4v) is 7.75. The third-order valence-corrected chi connectivity index (χ3v) is 9.74. The summed E-state index contributed by atoms with van der Waals surface area (Å²) in [5.74, 6) is -0.201. The van der Waals surface area contributed by atoms with Crippen molar-refractivity contribution in [2.75, 3.05) is 25.0 Å². The zero-order valence-corrected chi connectivity index (χ0v) is 24.3. The van der Waals surface area contributed by atoms with Crippen molar-refractivity contribution < 1.29 is 14.6 Å². The van der Waals surface area contributed by atoms with E-state index in [0.717, 1.165) is 73.3 Å². The first-order valence-corrected chi connectivity index (χ1v) is 15.5. The molecule has 2 heterocycles. The molecule has 1 aromatic heterocycles. The van der Waals surface area contributed by atoms with Gasteiger partial charge in [-0.3, -0.25) is 0 Å². The number of aliphatic hydroxyl groups is 1. The SMILES string of the molecule is CCOC(=O)c1c(NC(=S)N2CCC(C(O)(c3ccccc3)c3ccccc3)CC2)sc2c1CCCCCC2. The van der Waals surface area contributed by atoms with E-state index in [1.807, 2.05) is 67.6 Å². The number of fused-ring (bicyclic) bond motifs is 1. The molecule has 2 N–H and O–H groups in total. The molecule has 1 aliphatic carbocycles. The number of carbonyl (C=O) groups is 1. The molecule has 0 amide bonds. The van der Waals surface area contributed by atoms with Crippen molar-refractivity contribution in [2.24, 2.45) is 5.92 Å². The van der Waals surface area contributed by atoms with Gasteiger partial charge >= 0.3 is 5.97 Å². The van der Waals surface area contributed by atoms with Gasteiger partial charge in [0.2, 0.25) is 0 Å². The monoisotopic (exact) mass is 562 g/mol. The van der Waals surface area contributed by atoms with Crippen LogP contribution in [0.1, 0.15) is 77.4 Å². The third kappa shape index (κ3) is 5.91. The van der Waals surface area contributed by atoms with E-state index in [0.29, 0.717) is 17.3 Å². The van der Waals surface area contributed by atoms with Gasteiger partial charge in [-0.25, -0.2) is 4.79 Å². The minimum Gasteiger partial charge on any atom is -0.462 e. The summed E-state index contributed by atoms with van der Waals surface area (Å²) in [6.07, 6.45) is 8.20. The molecule has 0 atom stereocenters. The number of hydrogen-bond donors (Lipinski definition) is 2. The minimum atomic E-state index is -1.06. The Hall–Kier alpha value is -2.74. The Morgan fingerprint density at radius 2 is 1.59 bits per heavy atom. The molecule has 7 heteroatoms. The number of carbonyl (C=O) groups excluding carboxylic acids is 1. The molecular weight excluding hydrogens is 524 g/mol. The van der Waals surface area contributed by atoms with Gasteiger partial charge in [0.25, 0.3) is 0 Å². The van der Waals surface area contributed by atoms with Gasteiger partial charge in [-0.2, -0.15) is 0 Å². The third-order valence-electron chi connectivity index (χ3n) is 8.17. The van der Waals surface area contributed by atoms with Gasteiger partial charge in [-0.1, -0.05) is 73.5 Å². The Morgan fingerprint density at radius 3 is 2.18 bits per heavy atom. The molecule has 206 valence electrons. The van der Waals surface area contributed by atoms with E-state index < -0.39 is 5.60 Å². The van der Waals surface area contributed by atoms with E-state index in [-0.39, 0.29) is 11.9 Å². The number of esters is 1. The first-order chi connectivity index (χ1) is 19.0. The lowest BCUT2D eigenvalue weighted by molar-refractivity contribution is -0.00631. The summed E-state index contributed by atoms with van der Waals surface area (Å²) >= 11 is 7.55. The Labute approximate surface area is 241 Å². The molecule has 2 aromatic carbocycles. The first kappa shape index (κ1) is 27.8. The van der Waals surface area contributed by atoms with Gasteiger partial charge in [0.1, 0.15) is 10.6 Å². The number of benzene rings is 2. The molecule has 2 aliphatic rings. The summed E-state index contributed by atoms with van der Waals surface area (Å²) in [6.45, 7) is 3.67. The highest BCUT2D eigenvalue weighted by Gasteiger charge is 2.42. The highest BCUT2D eigenvalue weighted by molar-refractivity contribution is 7.80. The Balaban J connectivity index is 1.33. The van der Waals surface area contributed by atoms with Crippen LogP contribution in [-0.2, 0) is 23.2 Å². The largest absolute Gasteiger partial charge is 0.462 e. The van der Waals surface area contributed by atoms with Crippen molar-refractivity contribution >= 4 is 39.6 Å². The summed E-state index contributed by atoms with van der Waals surface area (Å²) in [7, 11) is 0. The summed E-state index contributed by atoms with van der Waals surface area (Å²) in [5, 5.41) is 17.1. The van der Waals surface area contributed by atoms with Crippen molar-refractivity contribution in [1.82, 2.24) is 4.90 Å². The van der Waals surface area contributed by atoms with Crippen LogP contribution in [0.3, 0.4) is 0 Å². The van der Waals surface area contributed by atoms with E-state index >= 15 is 0 Å². The van der Waals surface area contributed by atoms with E-state index in [4.69, 9.17) is 17.0 Å². The number of rotatable bonds is 6. The van der Waals surface area contributed by atoms with Gasteiger partial charge < -0.3 is 20.1 Å². The number of nitrogens with zero attached hydrogens (tertiary/aromatic N) is 1. The number of piperidine rings is 1. The maximum Gasteiger partial charge on any atom is 0.341 e. The molecular formula is C32H38N2O3S2. The molecule has 5 nitrogen and oxygen atoms in total. The average Bonchev–Trinajstić information content (AvgIpc) is 3.29. The standard InChI is InChI=1S/C32H38N2O3S2/c1-2-37-30(35)28-26-17-11-3-4-12-18-27(26)39-29(28)33-31(38)34-21-19-25(20-22-34)32(36,23-13-7-5-8-14-23)24-15-9-6-10-16-24/h5-10,13-16,25,36H,2-4,11-12,17-22H2,1H3,(H,33,38). The van der Waals surface area contributed by atoms with Gasteiger partial charge in [0.15, 0.2) is 5.11 Å². The average molecular weight is 563 g/mol. The van der Waals surface area contributed by atoms with Crippen LogP contribution in [-0.4, -0.2) is 40.8 Å². The van der Waals surface area contributed by atoms with Gasteiger partial charge in [0, 0.05) is 18.0 Å². The zero-order valence-electron chi connectivity index (χ0n) is 22.7. The van der Waals surface area contributed by atoms with Crippen LogP contribution < -0.4 is 5.32 Å². The van der Waals surface area contributed by atoms with E-state index in [2.05, 4.69) is 10.2 Å². The Bertz CT molecular complexity index is 1230. The molecule has 0 bridgehead atoms. The number of hydrogen-bond acceptors (Lipinski definition) is 5. The van der Waals surface area contributed by atoms with Crippen molar-refractivity contribution in [3.8, 4) is 0 Å². The van der Waals surface area contributed by atoms with Crippen molar-refractivity contribution in [2.45, 2.75) is 63.9 Å². The lowest BCUT2D eigenvalue weighted by Crippen LogP contribution is -2.47. The number of aryl methyl sites for hydroxylation is 1. The van der Waals surface area contributed by atoms with E-state index in [1.54, 1.807) is 11.3 Å². The normalized spacial score (nSPS) is 16.6. The Morgan fingerprint density at radius 1 is 1.00 bits per heavy atom.